The van der Waals surface area contributed by atoms with Gasteiger partial charge in [-0.15, -0.1) is 5.10 Å². The van der Waals surface area contributed by atoms with Crippen molar-refractivity contribution in [3.63, 3.8) is 0 Å². The van der Waals surface area contributed by atoms with Gasteiger partial charge in [0.1, 0.15) is 17.7 Å². The molecule has 1 fully saturated rings. The van der Waals surface area contributed by atoms with Gasteiger partial charge >= 0.3 is 0 Å². The van der Waals surface area contributed by atoms with Gasteiger partial charge in [-0.25, -0.2) is 8.78 Å². The van der Waals surface area contributed by atoms with Gasteiger partial charge < -0.3 is 9.64 Å². The zero-order valence-corrected chi connectivity index (χ0v) is 12.6. The van der Waals surface area contributed by atoms with Gasteiger partial charge in [-0.2, -0.15) is 0 Å². The maximum absolute atomic E-state index is 13.9. The average Bonchev–Trinajstić information content (AvgIpc) is 2.92. The summed E-state index contributed by atoms with van der Waals surface area (Å²) in [4.78, 5) is 14.0. The Hall–Kier alpha value is -2.35. The van der Waals surface area contributed by atoms with Crippen LogP contribution < -0.4 is 0 Å². The van der Waals surface area contributed by atoms with E-state index < -0.39 is 17.7 Å². The number of ether oxygens (including phenoxy) is 1. The maximum atomic E-state index is 13.9. The van der Waals surface area contributed by atoms with Crippen LogP contribution in [-0.2, 0) is 23.0 Å². The summed E-state index contributed by atoms with van der Waals surface area (Å²) < 4.78 is 34.0. The summed E-state index contributed by atoms with van der Waals surface area (Å²) in [5.41, 5.74) is 0.956. The standard InChI is InChI=1S/C15H16F2N4O2/c1-20-11(8-18-19-20)7-15(22)21-4-5-23-14(9-21)12-3-2-10(16)6-13(12)17/h2-3,6,8,14H,4-5,7,9H2,1H3. The molecule has 0 radical (unpaired) electrons. The number of hydrogen-bond acceptors (Lipinski definition) is 4. The van der Waals surface area contributed by atoms with Crippen molar-refractivity contribution in [2.24, 2.45) is 7.05 Å². The highest BCUT2D eigenvalue weighted by Crippen LogP contribution is 2.25. The van der Waals surface area contributed by atoms with E-state index in [0.29, 0.717) is 18.8 Å². The second-order valence-electron chi connectivity index (χ2n) is 5.39. The Morgan fingerprint density at radius 1 is 1.43 bits per heavy atom. The Kier molecular flexibility index (Phi) is 4.33. The molecule has 1 saturated heterocycles. The van der Waals surface area contributed by atoms with Crippen LogP contribution in [0.15, 0.2) is 24.4 Å². The largest absolute Gasteiger partial charge is 0.370 e. The zero-order valence-electron chi connectivity index (χ0n) is 12.6. The molecule has 1 aliphatic heterocycles. The van der Waals surface area contributed by atoms with E-state index in [2.05, 4.69) is 10.3 Å². The van der Waals surface area contributed by atoms with Gasteiger partial charge in [0.25, 0.3) is 0 Å². The topological polar surface area (TPSA) is 60.2 Å². The Bertz CT molecular complexity index is 719. The van der Waals surface area contributed by atoms with Gasteiger partial charge in [0.15, 0.2) is 0 Å². The summed E-state index contributed by atoms with van der Waals surface area (Å²) in [6, 6.07) is 3.36. The van der Waals surface area contributed by atoms with E-state index in [1.807, 2.05) is 0 Å². The first kappa shape index (κ1) is 15.5. The number of rotatable bonds is 3. The molecule has 0 spiro atoms. The van der Waals surface area contributed by atoms with Crippen LogP contribution in [0.25, 0.3) is 0 Å². The predicted octanol–water partition coefficient (Wildman–Crippen LogP) is 1.24. The lowest BCUT2D eigenvalue weighted by Crippen LogP contribution is -2.43. The second kappa shape index (κ2) is 6.41. The first-order valence-corrected chi connectivity index (χ1v) is 7.22. The molecule has 1 unspecified atom stereocenters. The lowest BCUT2D eigenvalue weighted by molar-refractivity contribution is -0.138. The molecular weight excluding hydrogens is 306 g/mol. The van der Waals surface area contributed by atoms with Crippen LogP contribution in [-0.4, -0.2) is 45.5 Å². The van der Waals surface area contributed by atoms with Gasteiger partial charge in [-0.05, 0) is 6.07 Å². The second-order valence-corrected chi connectivity index (χ2v) is 5.39. The fourth-order valence-corrected chi connectivity index (χ4v) is 2.56. The van der Waals surface area contributed by atoms with E-state index in [0.717, 1.165) is 6.07 Å². The van der Waals surface area contributed by atoms with Crippen molar-refractivity contribution in [3.8, 4) is 0 Å². The van der Waals surface area contributed by atoms with E-state index in [4.69, 9.17) is 4.74 Å². The van der Waals surface area contributed by atoms with Gasteiger partial charge in [-0.1, -0.05) is 11.3 Å². The van der Waals surface area contributed by atoms with E-state index >= 15 is 0 Å². The van der Waals surface area contributed by atoms with Crippen molar-refractivity contribution in [3.05, 3.63) is 47.3 Å². The number of amides is 1. The molecule has 1 aromatic heterocycles. The number of aromatic nitrogens is 3. The summed E-state index contributed by atoms with van der Waals surface area (Å²) in [6.45, 7) is 0.965. The van der Waals surface area contributed by atoms with Crippen LogP contribution in [0.2, 0.25) is 0 Å². The summed E-state index contributed by atoms with van der Waals surface area (Å²) in [5.74, 6) is -1.41. The fraction of sp³-hybridized carbons (Fsp3) is 0.400. The molecule has 0 bridgehead atoms. The van der Waals surface area contributed by atoms with Crippen molar-refractivity contribution in [1.29, 1.82) is 0 Å². The zero-order chi connectivity index (χ0) is 16.4. The van der Waals surface area contributed by atoms with Crippen LogP contribution in [0, 0.1) is 11.6 Å². The molecule has 23 heavy (non-hydrogen) atoms. The molecule has 8 heteroatoms. The molecule has 0 saturated carbocycles. The van der Waals surface area contributed by atoms with Crippen molar-refractivity contribution in [1.82, 2.24) is 19.9 Å². The van der Waals surface area contributed by atoms with E-state index in [9.17, 15) is 13.6 Å². The van der Waals surface area contributed by atoms with E-state index in [-0.39, 0.29) is 24.4 Å². The van der Waals surface area contributed by atoms with E-state index in [1.165, 1.54) is 23.0 Å². The van der Waals surface area contributed by atoms with Crippen molar-refractivity contribution in [2.75, 3.05) is 19.7 Å². The molecule has 0 aliphatic carbocycles. The molecule has 1 amide bonds. The summed E-state index contributed by atoms with van der Waals surface area (Å²) in [6.07, 6.45) is 1.11. The average molecular weight is 322 g/mol. The minimum Gasteiger partial charge on any atom is -0.370 e. The molecule has 0 N–H and O–H groups in total. The molecule has 2 aromatic rings. The van der Waals surface area contributed by atoms with Crippen molar-refractivity contribution >= 4 is 5.91 Å². The maximum Gasteiger partial charge on any atom is 0.228 e. The lowest BCUT2D eigenvalue weighted by atomic mass is 10.1. The first-order valence-electron chi connectivity index (χ1n) is 7.22. The summed E-state index contributed by atoms with van der Waals surface area (Å²) >= 11 is 0. The number of carbonyl (C=O) groups excluding carboxylic acids is 1. The van der Waals surface area contributed by atoms with Gasteiger partial charge in [0, 0.05) is 25.2 Å². The summed E-state index contributed by atoms with van der Waals surface area (Å²) in [5, 5.41) is 7.52. The number of aryl methyl sites for hydroxylation is 1. The van der Waals surface area contributed by atoms with Gasteiger partial charge in [0.05, 0.1) is 31.5 Å². The van der Waals surface area contributed by atoms with Gasteiger partial charge in [-0.3, -0.25) is 9.48 Å². The Balaban J connectivity index is 1.70. The molecule has 1 aromatic carbocycles. The Morgan fingerprint density at radius 2 is 2.26 bits per heavy atom. The molecular formula is C15H16F2N4O2. The molecule has 2 heterocycles. The van der Waals surface area contributed by atoms with Crippen LogP contribution >= 0.6 is 0 Å². The number of carbonyl (C=O) groups is 1. The third-order valence-electron chi connectivity index (χ3n) is 3.87. The van der Waals surface area contributed by atoms with Gasteiger partial charge in [0.2, 0.25) is 5.91 Å². The molecule has 1 atom stereocenters. The number of benzene rings is 1. The normalized spacial score (nSPS) is 18.2. The lowest BCUT2D eigenvalue weighted by Gasteiger charge is -2.33. The van der Waals surface area contributed by atoms with Crippen molar-refractivity contribution in [2.45, 2.75) is 12.5 Å². The SMILES string of the molecule is Cn1nncc1CC(=O)N1CCOC(c2ccc(F)cc2F)C1. The fourth-order valence-electron chi connectivity index (χ4n) is 2.56. The smallest absolute Gasteiger partial charge is 0.228 e. The minimum atomic E-state index is -0.667. The highest BCUT2D eigenvalue weighted by atomic mass is 19.1. The number of halogens is 2. The van der Waals surface area contributed by atoms with Crippen molar-refractivity contribution < 1.29 is 18.3 Å². The molecule has 1 aliphatic rings. The van der Waals surface area contributed by atoms with Crippen LogP contribution in [0.4, 0.5) is 8.78 Å². The van der Waals surface area contributed by atoms with Crippen LogP contribution in [0.1, 0.15) is 17.4 Å². The molecule has 3 rings (SSSR count). The summed E-state index contributed by atoms with van der Waals surface area (Å²) in [7, 11) is 1.71. The third-order valence-corrected chi connectivity index (χ3v) is 3.87. The minimum absolute atomic E-state index is 0.105. The Morgan fingerprint density at radius 3 is 2.96 bits per heavy atom. The molecule has 122 valence electrons. The first-order chi connectivity index (χ1) is 11.0. The number of morpholine rings is 1. The highest BCUT2D eigenvalue weighted by molar-refractivity contribution is 5.78. The number of hydrogen-bond donors (Lipinski definition) is 0. The molecule has 6 nitrogen and oxygen atoms in total. The van der Waals surface area contributed by atoms with E-state index in [1.54, 1.807) is 11.9 Å². The van der Waals surface area contributed by atoms with Crippen LogP contribution in [0.3, 0.4) is 0 Å². The predicted molar refractivity (Wildman–Crippen MR) is 76.3 cm³/mol. The number of nitrogens with zero attached hydrogens (tertiary/aromatic N) is 4. The Labute approximate surface area is 131 Å². The quantitative estimate of drug-likeness (QED) is 0.853. The third kappa shape index (κ3) is 3.37. The highest BCUT2D eigenvalue weighted by Gasteiger charge is 2.27. The monoisotopic (exact) mass is 322 g/mol. The van der Waals surface area contributed by atoms with Crippen LogP contribution in [0.5, 0.6) is 0 Å².